The van der Waals surface area contributed by atoms with Crippen molar-refractivity contribution in [2.45, 2.75) is 70.1 Å². The molecular formula is C36H46N4O6. The molecule has 2 aliphatic heterocycles. The summed E-state index contributed by atoms with van der Waals surface area (Å²) < 4.78 is 18.5. The highest BCUT2D eigenvalue weighted by atomic mass is 16.7. The Bertz CT molecular complexity index is 1410. The Labute approximate surface area is 271 Å². The zero-order valence-corrected chi connectivity index (χ0v) is 26.4. The topological polar surface area (TPSA) is 135 Å². The predicted molar refractivity (Wildman–Crippen MR) is 178 cm³/mol. The van der Waals surface area contributed by atoms with Crippen molar-refractivity contribution in [1.29, 1.82) is 0 Å². The number of anilines is 3. The SMILES string of the molecule is Nc1ccccc1NC(=O)CCCCCCC(=O)Nc1cccc(C2OC(CN3CCOCC3)CC(c3ccc(CO)cc3)O2)c1. The lowest BCUT2D eigenvalue weighted by atomic mass is 9.99. The Morgan fingerprint density at radius 3 is 2.26 bits per heavy atom. The van der Waals surface area contributed by atoms with E-state index in [1.165, 1.54) is 0 Å². The molecular weight excluding hydrogens is 584 g/mol. The molecule has 10 heteroatoms. The van der Waals surface area contributed by atoms with Crippen molar-refractivity contribution in [3.8, 4) is 0 Å². The maximum Gasteiger partial charge on any atom is 0.224 e. The molecule has 2 heterocycles. The average molecular weight is 631 g/mol. The molecule has 5 N–H and O–H groups in total. The molecule has 0 aliphatic carbocycles. The molecule has 10 nitrogen and oxygen atoms in total. The molecule has 0 bridgehead atoms. The Morgan fingerprint density at radius 2 is 1.54 bits per heavy atom. The van der Waals surface area contributed by atoms with E-state index in [0.29, 0.717) is 29.9 Å². The number of nitrogen functional groups attached to an aromatic ring is 1. The summed E-state index contributed by atoms with van der Waals surface area (Å²) in [5.74, 6) is -0.105. The first kappa shape index (κ1) is 33.6. The van der Waals surface area contributed by atoms with Gasteiger partial charge in [-0.25, -0.2) is 0 Å². The molecule has 0 aromatic heterocycles. The minimum Gasteiger partial charge on any atom is -0.397 e. The maximum absolute atomic E-state index is 12.8. The largest absolute Gasteiger partial charge is 0.397 e. The molecule has 5 rings (SSSR count). The number of hydrogen-bond acceptors (Lipinski definition) is 8. The number of carbonyl (C=O) groups is 2. The summed E-state index contributed by atoms with van der Waals surface area (Å²) in [7, 11) is 0. The average Bonchev–Trinajstić information content (AvgIpc) is 3.08. The van der Waals surface area contributed by atoms with Crippen LogP contribution in [0.4, 0.5) is 17.1 Å². The van der Waals surface area contributed by atoms with Crippen LogP contribution >= 0.6 is 0 Å². The van der Waals surface area contributed by atoms with Crippen LogP contribution < -0.4 is 16.4 Å². The lowest BCUT2D eigenvalue weighted by Crippen LogP contribution is -2.44. The molecule has 246 valence electrons. The van der Waals surface area contributed by atoms with Crippen LogP contribution in [-0.4, -0.2) is 60.8 Å². The van der Waals surface area contributed by atoms with Gasteiger partial charge in [0.1, 0.15) is 0 Å². The van der Waals surface area contributed by atoms with Crippen LogP contribution in [0.15, 0.2) is 72.8 Å². The minimum absolute atomic E-state index is 0.000117. The number of ether oxygens (including phenoxy) is 3. The van der Waals surface area contributed by atoms with Crippen molar-refractivity contribution in [2.24, 2.45) is 0 Å². The van der Waals surface area contributed by atoms with E-state index in [2.05, 4.69) is 15.5 Å². The van der Waals surface area contributed by atoms with Crippen LogP contribution in [0.3, 0.4) is 0 Å². The van der Waals surface area contributed by atoms with Gasteiger partial charge in [0.05, 0.1) is 43.4 Å². The van der Waals surface area contributed by atoms with Gasteiger partial charge >= 0.3 is 0 Å². The van der Waals surface area contributed by atoms with Gasteiger partial charge < -0.3 is 35.7 Å². The number of aliphatic hydroxyl groups excluding tert-OH is 1. The molecule has 2 aliphatic rings. The quantitative estimate of drug-likeness (QED) is 0.134. The summed E-state index contributed by atoms with van der Waals surface area (Å²) in [6.07, 6.45) is 3.97. The maximum atomic E-state index is 12.8. The predicted octanol–water partition coefficient (Wildman–Crippen LogP) is 5.56. The molecule has 3 unspecified atom stereocenters. The fourth-order valence-corrected chi connectivity index (χ4v) is 5.84. The number of rotatable bonds is 14. The monoisotopic (exact) mass is 630 g/mol. The molecule has 3 aromatic rings. The smallest absolute Gasteiger partial charge is 0.224 e. The fraction of sp³-hybridized carbons (Fsp3) is 0.444. The number of nitrogens with one attached hydrogen (secondary N) is 2. The third-order valence-electron chi connectivity index (χ3n) is 8.42. The number of nitrogens with zero attached hydrogens (tertiary/aromatic N) is 1. The first-order valence-electron chi connectivity index (χ1n) is 16.3. The van der Waals surface area contributed by atoms with Gasteiger partial charge in [-0.3, -0.25) is 14.5 Å². The molecule has 0 spiro atoms. The standard InChI is InChI=1S/C36H46N4O6/c37-31-10-5-6-11-32(31)39-35(43)13-4-2-1-3-12-34(42)38-29-9-7-8-28(22-29)36-45-30(24-40-18-20-44-21-19-40)23-33(46-36)27-16-14-26(25-41)15-17-27/h5-11,14-17,22,30,33,36,41H,1-4,12-13,18-21,23-25,37H2,(H,38,42)(H,39,43). The van der Waals surface area contributed by atoms with Crippen LogP contribution in [0.25, 0.3) is 0 Å². The number of aliphatic hydroxyl groups is 1. The molecule has 3 atom stereocenters. The van der Waals surface area contributed by atoms with Gasteiger partial charge in [0.2, 0.25) is 11.8 Å². The van der Waals surface area contributed by atoms with E-state index < -0.39 is 6.29 Å². The number of amides is 2. The highest BCUT2D eigenvalue weighted by Gasteiger charge is 2.33. The molecule has 3 aromatic carbocycles. The van der Waals surface area contributed by atoms with E-state index in [9.17, 15) is 14.7 Å². The number of morpholine rings is 1. The van der Waals surface area contributed by atoms with Gasteiger partial charge in [0, 0.05) is 50.1 Å². The van der Waals surface area contributed by atoms with Crippen molar-refractivity contribution in [1.82, 2.24) is 4.90 Å². The number of nitrogens with two attached hydrogens (primary N) is 1. The molecule has 46 heavy (non-hydrogen) atoms. The van der Waals surface area contributed by atoms with Crippen LogP contribution in [0.2, 0.25) is 0 Å². The number of unbranched alkanes of at least 4 members (excludes halogenated alkanes) is 3. The Kier molecular flexibility index (Phi) is 12.6. The van der Waals surface area contributed by atoms with E-state index in [1.807, 2.05) is 60.7 Å². The first-order valence-corrected chi connectivity index (χ1v) is 16.3. The molecule has 0 radical (unpaired) electrons. The Balaban J connectivity index is 1.10. The first-order chi connectivity index (χ1) is 22.5. The highest BCUT2D eigenvalue weighted by Crippen LogP contribution is 2.38. The highest BCUT2D eigenvalue weighted by molar-refractivity contribution is 5.93. The van der Waals surface area contributed by atoms with Gasteiger partial charge in [-0.05, 0) is 48.2 Å². The van der Waals surface area contributed by atoms with E-state index in [0.717, 1.165) is 81.6 Å². The summed E-state index contributed by atoms with van der Waals surface area (Å²) in [5.41, 5.74) is 10.5. The second-order valence-corrected chi connectivity index (χ2v) is 12.0. The third-order valence-corrected chi connectivity index (χ3v) is 8.42. The minimum atomic E-state index is -0.588. The fourth-order valence-electron chi connectivity index (χ4n) is 5.84. The number of benzene rings is 3. The van der Waals surface area contributed by atoms with Crippen LogP contribution in [-0.2, 0) is 30.4 Å². The second kappa shape index (κ2) is 17.2. The van der Waals surface area contributed by atoms with Gasteiger partial charge in [-0.1, -0.05) is 61.4 Å². The van der Waals surface area contributed by atoms with Crippen molar-refractivity contribution in [2.75, 3.05) is 49.2 Å². The lowest BCUT2D eigenvalue weighted by Gasteiger charge is -2.39. The van der Waals surface area contributed by atoms with Crippen LogP contribution in [0.1, 0.15) is 74.0 Å². The molecule has 2 saturated heterocycles. The van der Waals surface area contributed by atoms with Gasteiger partial charge in [-0.15, -0.1) is 0 Å². The second-order valence-electron chi connectivity index (χ2n) is 12.0. The molecule has 0 saturated carbocycles. The number of para-hydroxylation sites is 2. The summed E-state index contributed by atoms with van der Waals surface area (Å²) >= 11 is 0. The molecule has 2 amide bonds. The summed E-state index contributed by atoms with van der Waals surface area (Å²) in [6, 6.07) is 22.8. The van der Waals surface area contributed by atoms with Crippen LogP contribution in [0, 0.1) is 0 Å². The summed E-state index contributed by atoms with van der Waals surface area (Å²) in [5, 5.41) is 15.4. The van der Waals surface area contributed by atoms with E-state index in [4.69, 9.17) is 19.9 Å². The van der Waals surface area contributed by atoms with E-state index in [-0.39, 0.29) is 30.6 Å². The Morgan fingerprint density at radius 1 is 0.826 bits per heavy atom. The zero-order valence-electron chi connectivity index (χ0n) is 26.4. The Hall–Kier alpha value is -3.80. The van der Waals surface area contributed by atoms with Gasteiger partial charge in [-0.2, -0.15) is 0 Å². The normalized spacial score (nSPS) is 20.2. The van der Waals surface area contributed by atoms with Gasteiger partial charge in [0.25, 0.3) is 0 Å². The lowest BCUT2D eigenvalue weighted by molar-refractivity contribution is -0.253. The summed E-state index contributed by atoms with van der Waals surface area (Å²) in [6.45, 7) is 3.99. The third kappa shape index (κ3) is 10.1. The van der Waals surface area contributed by atoms with Crippen molar-refractivity contribution in [3.05, 3.63) is 89.5 Å². The van der Waals surface area contributed by atoms with E-state index in [1.54, 1.807) is 12.1 Å². The summed E-state index contributed by atoms with van der Waals surface area (Å²) in [4.78, 5) is 27.3. The van der Waals surface area contributed by atoms with Crippen molar-refractivity contribution >= 4 is 28.9 Å². The molecule has 2 fully saturated rings. The van der Waals surface area contributed by atoms with Crippen molar-refractivity contribution < 1.29 is 28.9 Å². The number of carbonyl (C=O) groups excluding carboxylic acids is 2. The van der Waals surface area contributed by atoms with Crippen LogP contribution in [0.5, 0.6) is 0 Å². The van der Waals surface area contributed by atoms with E-state index >= 15 is 0 Å². The van der Waals surface area contributed by atoms with Crippen molar-refractivity contribution in [3.63, 3.8) is 0 Å². The zero-order chi connectivity index (χ0) is 32.1. The number of hydrogen-bond donors (Lipinski definition) is 4. The van der Waals surface area contributed by atoms with Gasteiger partial charge in [0.15, 0.2) is 6.29 Å².